The molecule has 0 aromatic heterocycles. The average Bonchev–Trinajstić information content (AvgIpc) is 2.60. The van der Waals surface area contributed by atoms with E-state index in [2.05, 4.69) is 15.8 Å². The van der Waals surface area contributed by atoms with Gasteiger partial charge in [-0.05, 0) is 49.2 Å². The number of nitrogens with zero attached hydrogens (tertiary/aromatic N) is 1. The third-order valence-electron chi connectivity index (χ3n) is 3.82. The lowest BCUT2D eigenvalue weighted by Gasteiger charge is -2.07. The summed E-state index contributed by atoms with van der Waals surface area (Å²) in [6.07, 6.45) is 1.21. The number of halogens is 2. The number of aryl methyl sites for hydroxylation is 2. The second kappa shape index (κ2) is 9.39. The maximum Gasteiger partial charge on any atom is 0.240 e. The van der Waals surface area contributed by atoms with E-state index >= 15 is 0 Å². The molecule has 2 rings (SSSR count). The fraction of sp³-hybridized carbons (Fsp3) is 0.211. The average molecular weight is 408 g/mol. The van der Waals surface area contributed by atoms with Gasteiger partial charge >= 0.3 is 0 Å². The van der Waals surface area contributed by atoms with Gasteiger partial charge in [0.1, 0.15) is 5.75 Å². The van der Waals surface area contributed by atoms with Gasteiger partial charge in [-0.2, -0.15) is 5.10 Å². The van der Waals surface area contributed by atoms with Crippen molar-refractivity contribution in [2.24, 2.45) is 5.10 Å². The minimum absolute atomic E-state index is 0.0164. The molecule has 0 saturated carbocycles. The Hall–Kier alpha value is -2.57. The number of aromatic hydroxyl groups is 1. The maximum absolute atomic E-state index is 11.9. The van der Waals surface area contributed by atoms with Gasteiger partial charge in [0, 0.05) is 29.1 Å². The van der Waals surface area contributed by atoms with Gasteiger partial charge < -0.3 is 10.4 Å². The Balaban J connectivity index is 1.82. The van der Waals surface area contributed by atoms with Gasteiger partial charge in [-0.15, -0.1) is 0 Å². The minimum Gasteiger partial charge on any atom is -0.506 e. The van der Waals surface area contributed by atoms with Gasteiger partial charge in [-0.1, -0.05) is 29.3 Å². The van der Waals surface area contributed by atoms with Gasteiger partial charge in [0.25, 0.3) is 0 Å². The summed E-state index contributed by atoms with van der Waals surface area (Å²) in [7, 11) is 0. The van der Waals surface area contributed by atoms with E-state index in [-0.39, 0.29) is 35.1 Å². The lowest BCUT2D eigenvalue weighted by molar-refractivity contribution is -0.124. The van der Waals surface area contributed by atoms with Crippen LogP contribution in [0.25, 0.3) is 0 Å². The molecular formula is C19H19Cl2N3O3. The number of rotatable bonds is 6. The van der Waals surface area contributed by atoms with Crippen LogP contribution in [-0.2, 0) is 9.59 Å². The summed E-state index contributed by atoms with van der Waals surface area (Å²) in [4.78, 5) is 23.7. The summed E-state index contributed by atoms with van der Waals surface area (Å²) in [5.41, 5.74) is 5.45. The second-order valence-corrected chi connectivity index (χ2v) is 6.81. The van der Waals surface area contributed by atoms with Crippen molar-refractivity contribution in [3.8, 4) is 5.75 Å². The summed E-state index contributed by atoms with van der Waals surface area (Å²) < 4.78 is 0. The summed E-state index contributed by atoms with van der Waals surface area (Å²) in [5, 5.41) is 16.7. The molecule has 0 heterocycles. The number of nitrogens with one attached hydrogen (secondary N) is 2. The second-order valence-electron chi connectivity index (χ2n) is 5.97. The zero-order chi connectivity index (χ0) is 20.0. The number of hydrogen-bond acceptors (Lipinski definition) is 4. The maximum atomic E-state index is 11.9. The summed E-state index contributed by atoms with van der Waals surface area (Å²) in [6.45, 7) is 3.95. The molecule has 3 N–H and O–H groups in total. The zero-order valence-electron chi connectivity index (χ0n) is 14.8. The van der Waals surface area contributed by atoms with E-state index in [0.717, 1.165) is 11.1 Å². The highest BCUT2D eigenvalue weighted by molar-refractivity contribution is 6.36. The van der Waals surface area contributed by atoms with Crippen LogP contribution in [-0.4, -0.2) is 23.1 Å². The van der Waals surface area contributed by atoms with Crippen molar-refractivity contribution in [1.82, 2.24) is 5.43 Å². The molecule has 8 heteroatoms. The third-order valence-corrected chi connectivity index (χ3v) is 4.33. The minimum atomic E-state index is -0.436. The quantitative estimate of drug-likeness (QED) is 0.495. The molecule has 0 unspecified atom stereocenters. The number of amides is 2. The van der Waals surface area contributed by atoms with Crippen LogP contribution in [0.1, 0.15) is 29.5 Å². The van der Waals surface area contributed by atoms with Gasteiger partial charge in [-0.25, -0.2) is 5.43 Å². The molecule has 2 aromatic rings. The van der Waals surface area contributed by atoms with E-state index in [1.807, 2.05) is 32.0 Å². The Bertz CT molecular complexity index is 898. The predicted molar refractivity (Wildman–Crippen MR) is 108 cm³/mol. The molecule has 142 valence electrons. The molecule has 0 radical (unpaired) electrons. The van der Waals surface area contributed by atoms with Crippen LogP contribution in [0.2, 0.25) is 10.0 Å². The largest absolute Gasteiger partial charge is 0.506 e. The fourth-order valence-corrected chi connectivity index (χ4v) is 2.69. The van der Waals surface area contributed by atoms with E-state index in [1.54, 1.807) is 0 Å². The van der Waals surface area contributed by atoms with E-state index in [9.17, 15) is 14.7 Å². The fourth-order valence-electron chi connectivity index (χ4n) is 2.18. The monoisotopic (exact) mass is 407 g/mol. The Kier molecular flexibility index (Phi) is 7.21. The van der Waals surface area contributed by atoms with Crippen molar-refractivity contribution in [2.75, 3.05) is 5.32 Å². The zero-order valence-corrected chi connectivity index (χ0v) is 16.4. The molecule has 0 saturated heterocycles. The number of carbonyl (C=O) groups excluding carboxylic acids is 2. The van der Waals surface area contributed by atoms with Crippen LogP contribution in [0.15, 0.2) is 35.4 Å². The van der Waals surface area contributed by atoms with Crippen molar-refractivity contribution in [3.05, 3.63) is 57.1 Å². The molecule has 0 spiro atoms. The Morgan fingerprint density at radius 3 is 2.48 bits per heavy atom. The number of phenols is 1. The van der Waals surface area contributed by atoms with Crippen molar-refractivity contribution < 1.29 is 14.7 Å². The van der Waals surface area contributed by atoms with Crippen LogP contribution in [0.5, 0.6) is 5.75 Å². The number of carbonyl (C=O) groups is 2. The number of anilines is 1. The van der Waals surface area contributed by atoms with Gasteiger partial charge in [0.05, 0.1) is 11.2 Å². The normalized spacial score (nSPS) is 10.8. The molecule has 0 aliphatic heterocycles. The van der Waals surface area contributed by atoms with E-state index in [4.69, 9.17) is 23.2 Å². The molecule has 0 atom stereocenters. The predicted octanol–water partition coefficient (Wildman–Crippen LogP) is 4.18. The number of hydrogen-bond donors (Lipinski definition) is 3. The van der Waals surface area contributed by atoms with Crippen LogP contribution in [0.4, 0.5) is 5.69 Å². The first kappa shape index (κ1) is 20.7. The highest BCUT2D eigenvalue weighted by Crippen LogP contribution is 2.29. The van der Waals surface area contributed by atoms with E-state index in [0.29, 0.717) is 10.7 Å². The summed E-state index contributed by atoms with van der Waals surface area (Å²) in [6, 6.07) is 8.45. The number of phenolic OH excluding ortho intramolecular Hbond substituents is 1. The van der Waals surface area contributed by atoms with Gasteiger partial charge in [0.2, 0.25) is 11.8 Å². The summed E-state index contributed by atoms with van der Waals surface area (Å²) in [5.74, 6) is -0.891. The Morgan fingerprint density at radius 2 is 1.78 bits per heavy atom. The smallest absolute Gasteiger partial charge is 0.240 e. The lowest BCUT2D eigenvalue weighted by atomic mass is 10.1. The highest BCUT2D eigenvalue weighted by atomic mass is 35.5. The first-order valence-corrected chi connectivity index (χ1v) is 8.89. The summed E-state index contributed by atoms with van der Waals surface area (Å²) >= 11 is 11.6. The Labute approximate surface area is 167 Å². The van der Waals surface area contributed by atoms with Crippen LogP contribution >= 0.6 is 23.2 Å². The molecule has 0 fully saturated rings. The lowest BCUT2D eigenvalue weighted by Crippen LogP contribution is -2.20. The SMILES string of the molecule is Cc1ccc(NC(=O)CCC(=O)N/N=C/c2cc(Cl)cc(Cl)c2O)cc1C. The van der Waals surface area contributed by atoms with Gasteiger partial charge in [-0.3, -0.25) is 9.59 Å². The molecule has 2 aromatic carbocycles. The molecule has 27 heavy (non-hydrogen) atoms. The van der Waals surface area contributed by atoms with E-state index in [1.165, 1.54) is 18.3 Å². The first-order valence-electron chi connectivity index (χ1n) is 8.13. The molecule has 6 nitrogen and oxygen atoms in total. The molecule has 0 bridgehead atoms. The van der Waals surface area contributed by atoms with Crippen LogP contribution in [0.3, 0.4) is 0 Å². The Morgan fingerprint density at radius 1 is 1.07 bits per heavy atom. The molecule has 0 aliphatic carbocycles. The first-order chi connectivity index (χ1) is 12.8. The third kappa shape index (κ3) is 6.27. The molecular weight excluding hydrogens is 389 g/mol. The van der Waals surface area contributed by atoms with Gasteiger partial charge in [0.15, 0.2) is 0 Å². The topological polar surface area (TPSA) is 90.8 Å². The van der Waals surface area contributed by atoms with E-state index < -0.39 is 5.91 Å². The van der Waals surface area contributed by atoms with Crippen molar-refractivity contribution in [2.45, 2.75) is 26.7 Å². The highest BCUT2D eigenvalue weighted by Gasteiger charge is 2.08. The molecule has 2 amide bonds. The van der Waals surface area contributed by atoms with Crippen LogP contribution in [0, 0.1) is 13.8 Å². The van der Waals surface area contributed by atoms with Crippen LogP contribution < -0.4 is 10.7 Å². The standard InChI is InChI=1S/C19H19Cl2N3O3/c1-11-3-4-15(7-12(11)2)23-17(25)5-6-18(26)24-22-10-13-8-14(20)9-16(21)19(13)27/h3-4,7-10,27H,5-6H2,1-2H3,(H,23,25)(H,24,26)/b22-10+. The van der Waals surface area contributed by atoms with Crippen molar-refractivity contribution >= 4 is 46.9 Å². The number of hydrazone groups is 1. The molecule has 0 aliphatic rings. The van der Waals surface area contributed by atoms with Crippen molar-refractivity contribution in [1.29, 1.82) is 0 Å². The number of benzene rings is 2. The van der Waals surface area contributed by atoms with Crippen molar-refractivity contribution in [3.63, 3.8) is 0 Å².